The van der Waals surface area contributed by atoms with Crippen LogP contribution < -0.4 is 21.2 Å². The molecule has 5 aromatic carbocycles. The smallest absolute Gasteiger partial charge is 0.164 e. The standard InChI is InChI=1S/C34H28O2P2/c35-37(31-13-5-1-6-14-31,32-15-7-2-8-16-32)27-25-29-21-23-30(24-22-29)26-28-38(36,33-17-9-3-10-18-33)34-19-11-4-12-20-34/h1-28H/b27-25-,28-26+. The second-order valence-electron chi connectivity index (χ2n) is 8.96. The molecule has 0 heterocycles. The molecule has 0 aliphatic heterocycles. The SMILES string of the molecule is O=P(/C=C\c1ccc(/C=C/P(=O)(c2ccccc2)c2ccccc2)cc1)(c1ccccc1)c1ccccc1. The van der Waals surface area contributed by atoms with Crippen LogP contribution in [0.5, 0.6) is 0 Å². The maximum absolute atomic E-state index is 14.2. The molecule has 0 amide bonds. The molecule has 0 aromatic heterocycles. The third kappa shape index (κ3) is 5.63. The summed E-state index contributed by atoms with van der Waals surface area (Å²) in [7, 11) is -5.87. The summed E-state index contributed by atoms with van der Waals surface area (Å²) in [6.07, 6.45) is 3.85. The van der Waals surface area contributed by atoms with Gasteiger partial charge in [0.2, 0.25) is 0 Å². The number of hydrogen-bond donors (Lipinski definition) is 0. The Bertz CT molecular complexity index is 1410. The van der Waals surface area contributed by atoms with Gasteiger partial charge in [0.15, 0.2) is 14.3 Å². The van der Waals surface area contributed by atoms with Crippen molar-refractivity contribution in [1.29, 1.82) is 0 Å². The minimum absolute atomic E-state index is 0.805. The first-order valence-corrected chi connectivity index (χ1v) is 16.0. The second kappa shape index (κ2) is 11.6. The van der Waals surface area contributed by atoms with Crippen LogP contribution in [0.25, 0.3) is 12.2 Å². The summed E-state index contributed by atoms with van der Waals surface area (Å²) in [5, 5.41) is 3.22. The summed E-state index contributed by atoms with van der Waals surface area (Å²) in [6.45, 7) is 0. The first-order chi connectivity index (χ1) is 18.6. The zero-order chi connectivity index (χ0) is 26.3. The van der Waals surface area contributed by atoms with Crippen LogP contribution in [0.3, 0.4) is 0 Å². The van der Waals surface area contributed by atoms with Gasteiger partial charge in [-0.05, 0) is 22.8 Å². The van der Waals surface area contributed by atoms with Crippen molar-refractivity contribution in [2.24, 2.45) is 0 Å². The highest BCUT2D eigenvalue weighted by molar-refractivity contribution is 7.82. The summed E-state index contributed by atoms with van der Waals surface area (Å²) in [6, 6.07) is 46.4. The van der Waals surface area contributed by atoms with Gasteiger partial charge in [0.05, 0.1) is 0 Å². The molecule has 2 nitrogen and oxygen atoms in total. The number of benzene rings is 5. The van der Waals surface area contributed by atoms with E-state index in [1.807, 2.05) is 169 Å². The quantitative estimate of drug-likeness (QED) is 0.193. The molecule has 0 aliphatic rings. The van der Waals surface area contributed by atoms with Gasteiger partial charge in [0.1, 0.15) is 0 Å². The monoisotopic (exact) mass is 530 g/mol. The van der Waals surface area contributed by atoms with E-state index in [4.69, 9.17) is 0 Å². The van der Waals surface area contributed by atoms with Gasteiger partial charge in [-0.1, -0.05) is 158 Å². The molecule has 186 valence electrons. The number of rotatable bonds is 8. The molecule has 4 heteroatoms. The highest BCUT2D eigenvalue weighted by Gasteiger charge is 2.24. The Morgan fingerprint density at radius 3 is 0.816 bits per heavy atom. The Morgan fingerprint density at radius 2 is 0.579 bits per heavy atom. The fraction of sp³-hybridized carbons (Fsp3) is 0. The minimum Gasteiger partial charge on any atom is -0.309 e. The van der Waals surface area contributed by atoms with Crippen LogP contribution in [0.2, 0.25) is 0 Å². The molecule has 0 spiro atoms. The first kappa shape index (κ1) is 25.7. The summed E-state index contributed by atoms with van der Waals surface area (Å²) in [5.41, 5.74) is 1.90. The second-order valence-corrected chi connectivity index (χ2v) is 14.3. The van der Waals surface area contributed by atoms with Crippen LogP contribution in [0.1, 0.15) is 11.1 Å². The molecule has 0 aliphatic carbocycles. The highest BCUT2D eigenvalue weighted by Crippen LogP contribution is 2.46. The average molecular weight is 531 g/mol. The molecule has 0 saturated carbocycles. The van der Waals surface area contributed by atoms with Crippen molar-refractivity contribution < 1.29 is 9.13 Å². The van der Waals surface area contributed by atoms with Crippen molar-refractivity contribution in [2.45, 2.75) is 0 Å². The van der Waals surface area contributed by atoms with E-state index in [1.165, 1.54) is 0 Å². The Kier molecular flexibility index (Phi) is 7.85. The van der Waals surface area contributed by atoms with Gasteiger partial charge in [-0.15, -0.1) is 0 Å². The molecule has 0 fully saturated rings. The number of hydrogen-bond acceptors (Lipinski definition) is 2. The van der Waals surface area contributed by atoms with Crippen LogP contribution in [-0.4, -0.2) is 0 Å². The van der Waals surface area contributed by atoms with Crippen molar-refractivity contribution in [2.75, 3.05) is 0 Å². The lowest BCUT2D eigenvalue weighted by Gasteiger charge is -2.15. The van der Waals surface area contributed by atoms with Gasteiger partial charge >= 0.3 is 0 Å². The van der Waals surface area contributed by atoms with Gasteiger partial charge in [0.25, 0.3) is 0 Å². The maximum Gasteiger partial charge on any atom is 0.164 e. The minimum atomic E-state index is -2.94. The van der Waals surface area contributed by atoms with E-state index in [-0.39, 0.29) is 0 Å². The molecule has 0 saturated heterocycles. The molecule has 0 radical (unpaired) electrons. The van der Waals surface area contributed by atoms with Crippen molar-refractivity contribution in [3.8, 4) is 0 Å². The maximum atomic E-state index is 14.2. The fourth-order valence-corrected chi connectivity index (χ4v) is 8.85. The fourth-order valence-electron chi connectivity index (χ4n) is 4.34. The van der Waals surface area contributed by atoms with Crippen molar-refractivity contribution in [1.82, 2.24) is 0 Å². The van der Waals surface area contributed by atoms with Gasteiger partial charge < -0.3 is 9.13 Å². The Labute approximate surface area is 224 Å². The van der Waals surface area contributed by atoms with Gasteiger partial charge in [0, 0.05) is 21.2 Å². The predicted octanol–water partition coefficient (Wildman–Crippen LogP) is 7.66. The van der Waals surface area contributed by atoms with Crippen LogP contribution in [0, 0.1) is 0 Å². The molecule has 0 bridgehead atoms. The van der Waals surface area contributed by atoms with E-state index in [9.17, 15) is 9.13 Å². The van der Waals surface area contributed by atoms with Gasteiger partial charge in [-0.3, -0.25) is 0 Å². The van der Waals surface area contributed by atoms with E-state index in [0.29, 0.717) is 0 Å². The topological polar surface area (TPSA) is 34.1 Å². The third-order valence-corrected chi connectivity index (χ3v) is 11.8. The lowest BCUT2D eigenvalue weighted by Crippen LogP contribution is -2.13. The van der Waals surface area contributed by atoms with Crippen molar-refractivity contribution >= 4 is 47.7 Å². The summed E-state index contributed by atoms with van der Waals surface area (Å²) in [4.78, 5) is 0. The molecular weight excluding hydrogens is 502 g/mol. The van der Waals surface area contributed by atoms with E-state index in [1.54, 1.807) is 0 Å². The lowest BCUT2D eigenvalue weighted by molar-refractivity contribution is 0.591. The third-order valence-electron chi connectivity index (χ3n) is 6.45. The Morgan fingerprint density at radius 1 is 0.342 bits per heavy atom. The Balaban J connectivity index is 1.43. The average Bonchev–Trinajstić information content (AvgIpc) is 3.01. The molecule has 0 unspecified atom stereocenters. The highest BCUT2D eigenvalue weighted by atomic mass is 31.2. The largest absolute Gasteiger partial charge is 0.309 e. The molecular formula is C34H28O2P2. The van der Waals surface area contributed by atoms with Crippen LogP contribution in [0.15, 0.2) is 157 Å². The molecule has 5 rings (SSSR count). The lowest BCUT2D eigenvalue weighted by atomic mass is 10.1. The van der Waals surface area contributed by atoms with Crippen LogP contribution >= 0.6 is 14.3 Å². The zero-order valence-corrected chi connectivity index (χ0v) is 22.7. The summed E-state index contributed by atoms with van der Waals surface area (Å²) < 4.78 is 28.4. The van der Waals surface area contributed by atoms with Crippen molar-refractivity contribution in [3.63, 3.8) is 0 Å². The molecule has 5 aromatic rings. The predicted molar refractivity (Wildman–Crippen MR) is 164 cm³/mol. The molecule has 38 heavy (non-hydrogen) atoms. The van der Waals surface area contributed by atoms with Crippen LogP contribution in [0.4, 0.5) is 0 Å². The Hall–Kier alpha value is -3.96. The first-order valence-electron chi connectivity index (χ1n) is 12.5. The van der Waals surface area contributed by atoms with E-state index in [2.05, 4.69) is 0 Å². The summed E-state index contributed by atoms with van der Waals surface area (Å²) >= 11 is 0. The van der Waals surface area contributed by atoms with E-state index >= 15 is 0 Å². The zero-order valence-electron chi connectivity index (χ0n) is 20.9. The summed E-state index contributed by atoms with van der Waals surface area (Å²) in [5.74, 6) is 3.67. The molecule has 0 N–H and O–H groups in total. The van der Waals surface area contributed by atoms with Crippen molar-refractivity contribution in [3.05, 3.63) is 168 Å². The van der Waals surface area contributed by atoms with Gasteiger partial charge in [-0.25, -0.2) is 0 Å². The van der Waals surface area contributed by atoms with Crippen LogP contribution in [-0.2, 0) is 9.13 Å². The molecule has 0 atom stereocenters. The normalized spacial score (nSPS) is 12.2. The van der Waals surface area contributed by atoms with E-state index in [0.717, 1.165) is 32.3 Å². The van der Waals surface area contributed by atoms with E-state index < -0.39 is 14.3 Å². The van der Waals surface area contributed by atoms with Gasteiger partial charge in [-0.2, -0.15) is 0 Å².